The average Bonchev–Trinajstić information content (AvgIpc) is 2.34. The van der Waals surface area contributed by atoms with Crippen LogP contribution in [-0.2, 0) is 0 Å². The van der Waals surface area contributed by atoms with E-state index in [1.165, 1.54) is 16.8 Å². The Bertz CT molecular complexity index is 489. The predicted molar refractivity (Wildman–Crippen MR) is 79.4 cm³/mol. The maximum absolute atomic E-state index is 9.05. The number of hydrogen-bond acceptors (Lipinski definition) is 3. The van der Waals surface area contributed by atoms with Crippen LogP contribution in [0.1, 0.15) is 24.5 Å². The normalized spacial score (nSPS) is 24.3. The summed E-state index contributed by atoms with van der Waals surface area (Å²) in [7, 11) is 2.15. The van der Waals surface area contributed by atoms with Gasteiger partial charge in [0, 0.05) is 24.8 Å². The summed E-state index contributed by atoms with van der Waals surface area (Å²) in [5.41, 5.74) is 3.88. The lowest BCUT2D eigenvalue weighted by atomic mass is 10.0. The molecule has 1 aromatic rings. The molecular formula is C16H23N3. The highest BCUT2D eigenvalue weighted by Crippen LogP contribution is 2.27. The van der Waals surface area contributed by atoms with E-state index in [4.69, 9.17) is 5.26 Å². The van der Waals surface area contributed by atoms with Crippen LogP contribution in [0.3, 0.4) is 0 Å². The van der Waals surface area contributed by atoms with Gasteiger partial charge < -0.3 is 4.90 Å². The van der Waals surface area contributed by atoms with Crippen molar-refractivity contribution in [1.29, 1.82) is 5.26 Å². The van der Waals surface area contributed by atoms with Crippen LogP contribution >= 0.6 is 0 Å². The summed E-state index contributed by atoms with van der Waals surface area (Å²) >= 11 is 0. The molecule has 0 radical (unpaired) electrons. The van der Waals surface area contributed by atoms with Gasteiger partial charge in [0.1, 0.15) is 0 Å². The van der Waals surface area contributed by atoms with Gasteiger partial charge in [0.25, 0.3) is 0 Å². The zero-order valence-corrected chi connectivity index (χ0v) is 12.3. The van der Waals surface area contributed by atoms with Crippen LogP contribution in [0.15, 0.2) is 18.2 Å². The number of rotatable bonds is 2. The Balaban J connectivity index is 2.31. The first-order valence-electron chi connectivity index (χ1n) is 6.94. The van der Waals surface area contributed by atoms with Gasteiger partial charge in [0.05, 0.1) is 18.5 Å². The van der Waals surface area contributed by atoms with Crippen molar-refractivity contribution in [1.82, 2.24) is 4.90 Å². The zero-order chi connectivity index (χ0) is 14.0. The number of piperazine rings is 1. The van der Waals surface area contributed by atoms with Crippen molar-refractivity contribution in [3.05, 3.63) is 29.3 Å². The van der Waals surface area contributed by atoms with Crippen molar-refractivity contribution in [2.24, 2.45) is 0 Å². The Morgan fingerprint density at radius 2 is 2.05 bits per heavy atom. The third kappa shape index (κ3) is 2.90. The highest BCUT2D eigenvalue weighted by Gasteiger charge is 2.30. The Morgan fingerprint density at radius 1 is 1.32 bits per heavy atom. The molecule has 0 saturated carbocycles. The van der Waals surface area contributed by atoms with Crippen LogP contribution in [0.4, 0.5) is 5.69 Å². The second-order valence-electron chi connectivity index (χ2n) is 5.75. The molecule has 1 saturated heterocycles. The number of aryl methyl sites for hydroxylation is 2. The topological polar surface area (TPSA) is 30.3 Å². The number of nitrogens with zero attached hydrogens (tertiary/aromatic N) is 3. The molecule has 102 valence electrons. The highest BCUT2D eigenvalue weighted by molar-refractivity contribution is 5.56. The first-order valence-corrected chi connectivity index (χ1v) is 6.94. The van der Waals surface area contributed by atoms with E-state index in [2.05, 4.69) is 61.9 Å². The summed E-state index contributed by atoms with van der Waals surface area (Å²) in [6.07, 6.45) is 0.588. The van der Waals surface area contributed by atoms with Gasteiger partial charge in [-0.25, -0.2) is 0 Å². The van der Waals surface area contributed by atoms with Crippen molar-refractivity contribution < 1.29 is 0 Å². The Labute approximate surface area is 116 Å². The minimum absolute atomic E-state index is 0.299. The number of anilines is 1. The quantitative estimate of drug-likeness (QED) is 0.816. The van der Waals surface area contributed by atoms with E-state index in [0.29, 0.717) is 18.5 Å². The van der Waals surface area contributed by atoms with Gasteiger partial charge in [-0.15, -0.1) is 0 Å². The lowest BCUT2D eigenvalue weighted by molar-refractivity contribution is 0.200. The molecular weight excluding hydrogens is 234 g/mol. The SMILES string of the molecule is Cc1ccc(N2CC(C)N(C)CC2CC#N)c(C)c1. The largest absolute Gasteiger partial charge is 0.364 e. The van der Waals surface area contributed by atoms with Gasteiger partial charge in [-0.05, 0) is 39.4 Å². The van der Waals surface area contributed by atoms with Gasteiger partial charge in [0.15, 0.2) is 0 Å². The third-order valence-electron chi connectivity index (χ3n) is 4.14. The first-order chi connectivity index (χ1) is 9.02. The Morgan fingerprint density at radius 3 is 2.68 bits per heavy atom. The highest BCUT2D eigenvalue weighted by atomic mass is 15.3. The molecule has 0 N–H and O–H groups in total. The summed E-state index contributed by atoms with van der Waals surface area (Å²) < 4.78 is 0. The summed E-state index contributed by atoms with van der Waals surface area (Å²) in [5, 5.41) is 9.05. The molecule has 1 aliphatic heterocycles. The van der Waals surface area contributed by atoms with Crippen molar-refractivity contribution in [2.75, 3.05) is 25.0 Å². The number of likely N-dealkylation sites (N-methyl/N-ethyl adjacent to an activating group) is 1. The molecule has 19 heavy (non-hydrogen) atoms. The van der Waals surface area contributed by atoms with Crippen molar-refractivity contribution in [3.63, 3.8) is 0 Å². The second-order valence-corrected chi connectivity index (χ2v) is 5.75. The van der Waals surface area contributed by atoms with E-state index < -0.39 is 0 Å². The molecule has 3 heteroatoms. The fraction of sp³-hybridized carbons (Fsp3) is 0.562. The third-order valence-corrected chi connectivity index (χ3v) is 4.14. The van der Waals surface area contributed by atoms with Gasteiger partial charge in [-0.1, -0.05) is 17.7 Å². The Hall–Kier alpha value is -1.53. The molecule has 2 rings (SSSR count). The maximum atomic E-state index is 9.05. The molecule has 1 fully saturated rings. The van der Waals surface area contributed by atoms with Gasteiger partial charge in [0.2, 0.25) is 0 Å². The van der Waals surface area contributed by atoms with E-state index in [1.807, 2.05) is 0 Å². The van der Waals surface area contributed by atoms with Crippen LogP contribution < -0.4 is 4.90 Å². The average molecular weight is 257 g/mol. The van der Waals surface area contributed by atoms with Gasteiger partial charge in [-0.3, -0.25) is 4.90 Å². The minimum atomic E-state index is 0.299. The van der Waals surface area contributed by atoms with E-state index in [9.17, 15) is 0 Å². The van der Waals surface area contributed by atoms with Crippen LogP contribution in [0, 0.1) is 25.2 Å². The summed E-state index contributed by atoms with van der Waals surface area (Å²) in [4.78, 5) is 4.77. The number of benzene rings is 1. The number of hydrogen-bond donors (Lipinski definition) is 0. The molecule has 0 aromatic heterocycles. The lowest BCUT2D eigenvalue weighted by Crippen LogP contribution is -2.56. The fourth-order valence-electron chi connectivity index (χ4n) is 2.89. The molecule has 2 atom stereocenters. The van der Waals surface area contributed by atoms with Crippen LogP contribution in [0.2, 0.25) is 0 Å². The molecule has 0 amide bonds. The monoisotopic (exact) mass is 257 g/mol. The zero-order valence-electron chi connectivity index (χ0n) is 12.3. The molecule has 3 nitrogen and oxygen atoms in total. The van der Waals surface area contributed by atoms with E-state index in [-0.39, 0.29) is 0 Å². The Kier molecular flexibility index (Phi) is 4.11. The molecule has 1 aliphatic rings. The second kappa shape index (κ2) is 5.63. The summed E-state index contributed by atoms with van der Waals surface area (Å²) in [5.74, 6) is 0. The first kappa shape index (κ1) is 13.9. The van der Waals surface area contributed by atoms with Crippen LogP contribution in [0.25, 0.3) is 0 Å². The molecule has 0 bridgehead atoms. The molecule has 2 unspecified atom stereocenters. The smallest absolute Gasteiger partial charge is 0.0643 e. The van der Waals surface area contributed by atoms with E-state index in [0.717, 1.165) is 13.1 Å². The molecule has 1 heterocycles. The summed E-state index contributed by atoms with van der Waals surface area (Å²) in [6, 6.07) is 9.74. The molecule has 0 spiro atoms. The molecule has 0 aliphatic carbocycles. The van der Waals surface area contributed by atoms with Crippen LogP contribution in [-0.4, -0.2) is 37.1 Å². The van der Waals surface area contributed by atoms with Crippen molar-refractivity contribution in [2.45, 2.75) is 39.3 Å². The lowest BCUT2D eigenvalue weighted by Gasteiger charge is -2.45. The predicted octanol–water partition coefficient (Wildman–Crippen LogP) is 2.73. The van der Waals surface area contributed by atoms with E-state index >= 15 is 0 Å². The van der Waals surface area contributed by atoms with Gasteiger partial charge in [-0.2, -0.15) is 5.26 Å². The number of nitriles is 1. The van der Waals surface area contributed by atoms with Crippen LogP contribution in [0.5, 0.6) is 0 Å². The molecule has 1 aromatic carbocycles. The van der Waals surface area contributed by atoms with E-state index in [1.54, 1.807) is 0 Å². The van der Waals surface area contributed by atoms with Crippen molar-refractivity contribution >= 4 is 5.69 Å². The van der Waals surface area contributed by atoms with Gasteiger partial charge >= 0.3 is 0 Å². The minimum Gasteiger partial charge on any atom is -0.364 e. The summed E-state index contributed by atoms with van der Waals surface area (Å²) in [6.45, 7) is 8.48. The fourth-order valence-corrected chi connectivity index (χ4v) is 2.89. The maximum Gasteiger partial charge on any atom is 0.0643 e. The standard InChI is InChI=1S/C16H23N3/c1-12-5-6-16(13(2)9-12)19-10-14(3)18(4)11-15(19)7-8-17/h5-6,9,14-15H,7,10-11H2,1-4H3. The van der Waals surface area contributed by atoms with Crippen molar-refractivity contribution in [3.8, 4) is 6.07 Å².